The number of aryl methyl sites for hydroxylation is 1. The smallest absolute Gasteiger partial charge is 0.101 e. The summed E-state index contributed by atoms with van der Waals surface area (Å²) in [4.78, 5) is 4.33. The van der Waals surface area contributed by atoms with Crippen LogP contribution in [0.1, 0.15) is 49.4 Å². The van der Waals surface area contributed by atoms with Crippen molar-refractivity contribution < 1.29 is 0 Å². The molecule has 0 aliphatic heterocycles. The summed E-state index contributed by atoms with van der Waals surface area (Å²) in [6.45, 7) is 6.30. The van der Waals surface area contributed by atoms with E-state index in [0.29, 0.717) is 11.5 Å². The van der Waals surface area contributed by atoms with Gasteiger partial charge in [0.15, 0.2) is 0 Å². The average molecular weight is 188 g/mol. The van der Waals surface area contributed by atoms with Gasteiger partial charge in [-0.3, -0.25) is 4.98 Å². The van der Waals surface area contributed by atoms with Crippen LogP contribution in [0.25, 0.3) is 0 Å². The second-order valence-electron chi connectivity index (χ2n) is 3.55. The molecule has 0 saturated carbocycles. The Bertz CT molecular complexity index is 346. The fraction of sp³-hybridized carbons (Fsp3) is 0.500. The highest BCUT2D eigenvalue weighted by molar-refractivity contribution is 5.36. The van der Waals surface area contributed by atoms with Crippen molar-refractivity contribution in [3.63, 3.8) is 0 Å². The van der Waals surface area contributed by atoms with Gasteiger partial charge in [-0.15, -0.1) is 0 Å². The second kappa shape index (κ2) is 4.76. The van der Waals surface area contributed by atoms with Crippen molar-refractivity contribution in [1.29, 1.82) is 5.26 Å². The summed E-state index contributed by atoms with van der Waals surface area (Å²) in [6, 6.07) is 4.17. The predicted octanol–water partition coefficient (Wildman–Crippen LogP) is 3.17. The molecule has 0 aliphatic rings. The lowest BCUT2D eigenvalue weighted by Crippen LogP contribution is -2.00. The molecule has 74 valence electrons. The molecule has 0 aliphatic carbocycles. The van der Waals surface area contributed by atoms with Crippen LogP contribution in [-0.2, 0) is 0 Å². The van der Waals surface area contributed by atoms with Crippen molar-refractivity contribution >= 4 is 0 Å². The fourth-order valence-corrected chi connectivity index (χ4v) is 1.63. The van der Waals surface area contributed by atoms with E-state index in [4.69, 9.17) is 5.26 Å². The Balaban J connectivity index is 3.02. The Morgan fingerprint density at radius 1 is 1.43 bits per heavy atom. The van der Waals surface area contributed by atoms with Crippen LogP contribution in [0.4, 0.5) is 0 Å². The Labute approximate surface area is 85.6 Å². The zero-order valence-corrected chi connectivity index (χ0v) is 9.04. The van der Waals surface area contributed by atoms with E-state index in [1.165, 1.54) is 0 Å². The van der Waals surface area contributed by atoms with E-state index in [-0.39, 0.29) is 0 Å². The average Bonchev–Trinajstić information content (AvgIpc) is 2.20. The van der Waals surface area contributed by atoms with Crippen LogP contribution < -0.4 is 0 Å². The van der Waals surface area contributed by atoms with Crippen molar-refractivity contribution in [2.24, 2.45) is 0 Å². The molecule has 1 heterocycles. The van der Waals surface area contributed by atoms with Crippen molar-refractivity contribution in [1.82, 2.24) is 4.98 Å². The molecule has 2 nitrogen and oxygen atoms in total. The maximum atomic E-state index is 8.77. The fourth-order valence-electron chi connectivity index (χ4n) is 1.63. The van der Waals surface area contributed by atoms with Crippen LogP contribution >= 0.6 is 0 Å². The Hall–Kier alpha value is -1.36. The molecular weight excluding hydrogens is 172 g/mol. The lowest BCUT2D eigenvalue weighted by Gasteiger charge is -2.12. The Morgan fingerprint density at radius 3 is 2.50 bits per heavy atom. The molecule has 14 heavy (non-hydrogen) atoms. The minimum atomic E-state index is 0.529. The second-order valence-corrected chi connectivity index (χ2v) is 3.55. The highest BCUT2D eigenvalue weighted by Gasteiger charge is 2.09. The lowest BCUT2D eigenvalue weighted by atomic mass is 9.97. The molecule has 1 rings (SSSR count). The maximum absolute atomic E-state index is 8.77. The molecule has 2 heteroatoms. The molecule has 0 spiro atoms. The van der Waals surface area contributed by atoms with Crippen molar-refractivity contribution in [2.45, 2.75) is 39.5 Å². The van der Waals surface area contributed by atoms with E-state index in [2.05, 4.69) is 24.9 Å². The summed E-state index contributed by atoms with van der Waals surface area (Å²) >= 11 is 0. The summed E-state index contributed by atoms with van der Waals surface area (Å²) in [5.41, 5.74) is 2.83. The number of rotatable bonds is 3. The molecule has 0 aromatic carbocycles. The molecule has 0 bridgehead atoms. The van der Waals surface area contributed by atoms with E-state index < -0.39 is 0 Å². The molecule has 0 amide bonds. The SMILES string of the molecule is CCC(CC)c1cc(C)c(C#N)cn1. The number of pyridine rings is 1. The molecule has 1 aromatic heterocycles. The molecular formula is C12H16N2. The molecule has 0 fully saturated rings. The van der Waals surface area contributed by atoms with Crippen LogP contribution in [-0.4, -0.2) is 4.98 Å². The first-order valence-corrected chi connectivity index (χ1v) is 5.09. The third-order valence-electron chi connectivity index (χ3n) is 2.66. The lowest BCUT2D eigenvalue weighted by molar-refractivity contribution is 0.622. The molecule has 0 unspecified atom stereocenters. The first kappa shape index (κ1) is 10.7. The van der Waals surface area contributed by atoms with E-state index in [1.54, 1.807) is 6.20 Å². The Kier molecular flexibility index (Phi) is 3.64. The summed E-state index contributed by atoms with van der Waals surface area (Å²) in [6.07, 6.45) is 3.90. The monoisotopic (exact) mass is 188 g/mol. The summed E-state index contributed by atoms with van der Waals surface area (Å²) in [5.74, 6) is 0.529. The zero-order chi connectivity index (χ0) is 10.6. The highest BCUT2D eigenvalue weighted by atomic mass is 14.7. The topological polar surface area (TPSA) is 36.7 Å². The Morgan fingerprint density at radius 2 is 2.07 bits per heavy atom. The number of nitrogens with zero attached hydrogens (tertiary/aromatic N) is 2. The van der Waals surface area contributed by atoms with Crippen molar-refractivity contribution in [2.75, 3.05) is 0 Å². The molecule has 0 N–H and O–H groups in total. The molecule has 0 atom stereocenters. The molecule has 0 radical (unpaired) electrons. The van der Waals surface area contributed by atoms with Gasteiger partial charge in [0.25, 0.3) is 0 Å². The molecule has 1 aromatic rings. The third kappa shape index (κ3) is 2.11. The van der Waals surface area contributed by atoms with E-state index >= 15 is 0 Å². The standard InChI is InChI=1S/C12H16N2/c1-4-10(5-2)12-6-9(3)11(7-13)8-14-12/h6,8,10H,4-5H2,1-3H3. The minimum absolute atomic E-state index is 0.529. The van der Waals surface area contributed by atoms with Crippen LogP contribution in [0.15, 0.2) is 12.3 Å². The largest absolute Gasteiger partial charge is 0.260 e. The first-order chi connectivity index (χ1) is 6.72. The van der Waals surface area contributed by atoms with Gasteiger partial charge in [0.1, 0.15) is 6.07 Å². The van der Waals surface area contributed by atoms with Gasteiger partial charge in [-0.05, 0) is 31.4 Å². The number of hydrogen-bond acceptors (Lipinski definition) is 2. The number of aromatic nitrogens is 1. The van der Waals surface area contributed by atoms with Crippen molar-refractivity contribution in [3.8, 4) is 6.07 Å². The van der Waals surface area contributed by atoms with Crippen LogP contribution in [0.2, 0.25) is 0 Å². The van der Waals surface area contributed by atoms with E-state index in [0.717, 1.165) is 24.1 Å². The first-order valence-electron chi connectivity index (χ1n) is 5.09. The zero-order valence-electron chi connectivity index (χ0n) is 9.04. The van der Waals surface area contributed by atoms with E-state index in [1.807, 2.05) is 13.0 Å². The van der Waals surface area contributed by atoms with Gasteiger partial charge in [-0.25, -0.2) is 0 Å². The predicted molar refractivity (Wildman–Crippen MR) is 57.0 cm³/mol. The van der Waals surface area contributed by atoms with Crippen LogP contribution in [0.3, 0.4) is 0 Å². The van der Waals surface area contributed by atoms with Gasteiger partial charge in [-0.1, -0.05) is 13.8 Å². The number of nitriles is 1. The summed E-state index contributed by atoms with van der Waals surface area (Å²) in [7, 11) is 0. The van der Waals surface area contributed by atoms with E-state index in [9.17, 15) is 0 Å². The van der Waals surface area contributed by atoms with Gasteiger partial charge in [-0.2, -0.15) is 5.26 Å². The minimum Gasteiger partial charge on any atom is -0.260 e. The quantitative estimate of drug-likeness (QED) is 0.730. The summed E-state index contributed by atoms with van der Waals surface area (Å²) in [5, 5.41) is 8.77. The van der Waals surface area contributed by atoms with Crippen molar-refractivity contribution in [3.05, 3.63) is 29.1 Å². The molecule has 0 saturated heterocycles. The number of hydrogen-bond donors (Lipinski definition) is 0. The van der Waals surface area contributed by atoms with Crippen LogP contribution in [0, 0.1) is 18.3 Å². The van der Waals surface area contributed by atoms with Gasteiger partial charge >= 0.3 is 0 Å². The van der Waals surface area contributed by atoms with Gasteiger partial charge < -0.3 is 0 Å². The third-order valence-corrected chi connectivity index (χ3v) is 2.66. The van der Waals surface area contributed by atoms with Gasteiger partial charge in [0.05, 0.1) is 5.56 Å². The normalized spacial score (nSPS) is 10.2. The maximum Gasteiger partial charge on any atom is 0.101 e. The van der Waals surface area contributed by atoms with Gasteiger partial charge in [0, 0.05) is 17.8 Å². The highest BCUT2D eigenvalue weighted by Crippen LogP contribution is 2.22. The van der Waals surface area contributed by atoms with Gasteiger partial charge in [0.2, 0.25) is 0 Å². The summed E-state index contributed by atoms with van der Waals surface area (Å²) < 4.78 is 0. The van der Waals surface area contributed by atoms with Crippen LogP contribution in [0.5, 0.6) is 0 Å².